The van der Waals surface area contributed by atoms with Gasteiger partial charge in [-0.2, -0.15) is 5.26 Å². The van der Waals surface area contributed by atoms with Crippen LogP contribution in [0.4, 0.5) is 0 Å². The molecular weight excluding hydrogens is 292 g/mol. The Morgan fingerprint density at radius 2 is 2.00 bits per heavy atom. The molecule has 0 spiro atoms. The molecule has 0 bridgehead atoms. The molecule has 0 amide bonds. The Morgan fingerprint density at radius 3 is 2.61 bits per heavy atom. The van der Waals surface area contributed by atoms with Gasteiger partial charge in [0.2, 0.25) is 11.8 Å². The van der Waals surface area contributed by atoms with Gasteiger partial charge in [-0.1, -0.05) is 0 Å². The number of rotatable bonds is 4. The van der Waals surface area contributed by atoms with Gasteiger partial charge in [0.1, 0.15) is 0 Å². The van der Waals surface area contributed by atoms with Crippen LogP contribution in [0.3, 0.4) is 0 Å². The van der Waals surface area contributed by atoms with Crippen LogP contribution in [0.2, 0.25) is 0 Å². The molecule has 1 N–H and O–H groups in total. The fourth-order valence-corrected chi connectivity index (χ4v) is 2.91. The molecule has 1 aliphatic heterocycles. The third-order valence-corrected chi connectivity index (χ3v) is 4.40. The highest BCUT2D eigenvalue weighted by Gasteiger charge is 2.23. The zero-order valence-corrected chi connectivity index (χ0v) is 13.1. The van der Waals surface area contributed by atoms with Crippen molar-refractivity contribution in [3.8, 4) is 17.5 Å². The van der Waals surface area contributed by atoms with Crippen LogP contribution in [0.15, 0.2) is 28.7 Å². The molecule has 1 fully saturated rings. The van der Waals surface area contributed by atoms with Gasteiger partial charge in [-0.05, 0) is 63.0 Å². The Bertz CT molecular complexity index is 679. The monoisotopic (exact) mass is 312 g/mol. The minimum absolute atomic E-state index is 0.233. The van der Waals surface area contributed by atoms with Crippen LogP contribution in [0.5, 0.6) is 0 Å². The van der Waals surface area contributed by atoms with E-state index in [1.165, 1.54) is 0 Å². The number of hydrogen-bond acceptors (Lipinski definition) is 6. The number of nitrogens with zero attached hydrogens (tertiary/aromatic N) is 4. The molecule has 23 heavy (non-hydrogen) atoms. The first kappa shape index (κ1) is 15.7. The molecule has 3 rings (SSSR count). The predicted molar refractivity (Wildman–Crippen MR) is 84.1 cm³/mol. The van der Waals surface area contributed by atoms with E-state index in [1.807, 2.05) is 19.1 Å². The maximum Gasteiger partial charge on any atom is 0.247 e. The van der Waals surface area contributed by atoms with Crippen LogP contribution >= 0.6 is 0 Å². The van der Waals surface area contributed by atoms with Crippen molar-refractivity contribution in [2.45, 2.75) is 32.4 Å². The van der Waals surface area contributed by atoms with Gasteiger partial charge < -0.3 is 9.52 Å². The summed E-state index contributed by atoms with van der Waals surface area (Å²) >= 11 is 0. The van der Waals surface area contributed by atoms with Gasteiger partial charge in [-0.3, -0.25) is 4.90 Å². The molecule has 6 heteroatoms. The van der Waals surface area contributed by atoms with Crippen molar-refractivity contribution in [3.05, 3.63) is 35.7 Å². The van der Waals surface area contributed by atoms with Crippen molar-refractivity contribution in [3.63, 3.8) is 0 Å². The van der Waals surface area contributed by atoms with Crippen LogP contribution in [-0.2, 0) is 6.54 Å². The molecule has 1 unspecified atom stereocenters. The van der Waals surface area contributed by atoms with Gasteiger partial charge in [-0.15, -0.1) is 10.2 Å². The minimum atomic E-state index is -0.233. The van der Waals surface area contributed by atoms with Gasteiger partial charge in [0.05, 0.1) is 24.3 Å². The first-order valence-corrected chi connectivity index (χ1v) is 7.89. The third-order valence-electron chi connectivity index (χ3n) is 4.40. The molecule has 2 aromatic rings. The maximum absolute atomic E-state index is 9.64. The van der Waals surface area contributed by atoms with Crippen molar-refractivity contribution in [1.82, 2.24) is 15.1 Å². The predicted octanol–water partition coefficient (Wildman–Crippen LogP) is 2.20. The fourth-order valence-electron chi connectivity index (χ4n) is 2.91. The number of aliphatic hydroxyl groups is 1. The summed E-state index contributed by atoms with van der Waals surface area (Å²) < 4.78 is 5.72. The number of likely N-dealkylation sites (tertiary alicyclic amines) is 1. The first-order chi connectivity index (χ1) is 11.2. The van der Waals surface area contributed by atoms with E-state index < -0.39 is 0 Å². The second kappa shape index (κ2) is 6.90. The van der Waals surface area contributed by atoms with E-state index in [0.717, 1.165) is 31.5 Å². The number of benzene rings is 1. The highest BCUT2D eigenvalue weighted by Crippen LogP contribution is 2.23. The molecule has 1 aliphatic rings. The summed E-state index contributed by atoms with van der Waals surface area (Å²) in [5.41, 5.74) is 1.42. The Kier molecular flexibility index (Phi) is 4.70. The average Bonchev–Trinajstić information content (AvgIpc) is 3.04. The van der Waals surface area contributed by atoms with Crippen LogP contribution < -0.4 is 0 Å². The van der Waals surface area contributed by atoms with Crippen molar-refractivity contribution in [1.29, 1.82) is 5.26 Å². The van der Waals surface area contributed by atoms with Gasteiger partial charge in [0.15, 0.2) is 0 Å². The normalized spacial score (nSPS) is 17.8. The van der Waals surface area contributed by atoms with Gasteiger partial charge >= 0.3 is 0 Å². The second-order valence-electron chi connectivity index (χ2n) is 6.04. The molecule has 0 aliphatic carbocycles. The molecule has 0 radical (unpaired) electrons. The molecule has 1 atom stereocenters. The quantitative estimate of drug-likeness (QED) is 0.931. The van der Waals surface area contributed by atoms with Gasteiger partial charge in [0, 0.05) is 5.56 Å². The van der Waals surface area contributed by atoms with Crippen molar-refractivity contribution >= 4 is 0 Å². The number of hydrogen-bond donors (Lipinski definition) is 1. The zero-order valence-electron chi connectivity index (χ0n) is 13.1. The highest BCUT2D eigenvalue weighted by atomic mass is 16.4. The maximum atomic E-state index is 9.64. The van der Waals surface area contributed by atoms with Crippen molar-refractivity contribution < 1.29 is 9.52 Å². The number of aromatic nitrogens is 2. The molecule has 0 saturated carbocycles. The van der Waals surface area contributed by atoms with Gasteiger partial charge in [0.25, 0.3) is 0 Å². The summed E-state index contributed by atoms with van der Waals surface area (Å²) in [4.78, 5) is 2.27. The number of aliphatic hydroxyl groups excluding tert-OH is 1. The van der Waals surface area contributed by atoms with Crippen LogP contribution in [0, 0.1) is 17.2 Å². The lowest BCUT2D eigenvalue weighted by molar-refractivity contribution is 0.0668. The van der Waals surface area contributed by atoms with Gasteiger partial charge in [-0.25, -0.2) is 0 Å². The summed E-state index contributed by atoms with van der Waals surface area (Å²) in [7, 11) is 0. The van der Waals surface area contributed by atoms with Crippen LogP contribution in [-0.4, -0.2) is 39.4 Å². The van der Waals surface area contributed by atoms with Crippen LogP contribution in [0.1, 0.15) is 31.2 Å². The van der Waals surface area contributed by atoms with Crippen LogP contribution in [0.25, 0.3) is 11.5 Å². The summed E-state index contributed by atoms with van der Waals surface area (Å²) in [5, 5.41) is 26.7. The Labute approximate surface area is 135 Å². The lowest BCUT2D eigenvalue weighted by Gasteiger charge is -2.32. The Balaban J connectivity index is 1.60. The molecule has 1 aromatic heterocycles. The average molecular weight is 312 g/mol. The lowest BCUT2D eigenvalue weighted by atomic mass is 9.92. The van der Waals surface area contributed by atoms with Crippen molar-refractivity contribution in [2.24, 2.45) is 5.92 Å². The zero-order chi connectivity index (χ0) is 16.2. The Morgan fingerprint density at radius 1 is 1.30 bits per heavy atom. The summed E-state index contributed by atoms with van der Waals surface area (Å²) in [6, 6.07) is 9.18. The molecule has 6 nitrogen and oxygen atoms in total. The van der Waals surface area contributed by atoms with E-state index in [0.29, 0.717) is 29.8 Å². The SMILES string of the molecule is CC(O)C1CCN(Cc2nnc(-c3ccc(C#N)cc3)o2)CC1. The van der Waals surface area contributed by atoms with E-state index in [9.17, 15) is 5.11 Å². The Hall–Kier alpha value is -2.23. The summed E-state index contributed by atoms with van der Waals surface area (Å²) in [6.07, 6.45) is 1.76. The lowest BCUT2D eigenvalue weighted by Crippen LogP contribution is -2.36. The summed E-state index contributed by atoms with van der Waals surface area (Å²) in [6.45, 7) is 4.37. The number of nitriles is 1. The highest BCUT2D eigenvalue weighted by molar-refractivity contribution is 5.54. The van der Waals surface area contributed by atoms with E-state index in [4.69, 9.17) is 9.68 Å². The molecule has 2 heterocycles. The van der Waals surface area contributed by atoms with E-state index in [1.54, 1.807) is 12.1 Å². The molecule has 1 aromatic carbocycles. The molecule has 1 saturated heterocycles. The minimum Gasteiger partial charge on any atom is -0.419 e. The smallest absolute Gasteiger partial charge is 0.247 e. The molecular formula is C17H20N4O2. The topological polar surface area (TPSA) is 86.2 Å². The van der Waals surface area contributed by atoms with E-state index >= 15 is 0 Å². The fraction of sp³-hybridized carbons (Fsp3) is 0.471. The standard InChI is InChI=1S/C17H20N4O2/c1-12(22)14-6-8-21(9-7-14)11-16-19-20-17(23-16)15-4-2-13(10-18)3-5-15/h2-5,12,14,22H,6-9,11H2,1H3. The molecule has 120 valence electrons. The summed E-state index contributed by atoms with van der Waals surface area (Å²) in [5.74, 6) is 1.46. The second-order valence-corrected chi connectivity index (χ2v) is 6.04. The number of piperidine rings is 1. The first-order valence-electron chi connectivity index (χ1n) is 7.89. The van der Waals surface area contributed by atoms with E-state index in [2.05, 4.69) is 21.2 Å². The largest absolute Gasteiger partial charge is 0.419 e. The third kappa shape index (κ3) is 3.76. The van der Waals surface area contributed by atoms with E-state index in [-0.39, 0.29) is 6.10 Å². The van der Waals surface area contributed by atoms with Crippen molar-refractivity contribution in [2.75, 3.05) is 13.1 Å².